The number of aryl methyl sites for hydroxylation is 3. The highest BCUT2D eigenvalue weighted by molar-refractivity contribution is 5.97. The molecular weight excluding hydrogens is 266 g/mol. The van der Waals surface area contributed by atoms with E-state index in [-0.39, 0.29) is 5.91 Å². The SMILES string of the molecule is COc1ccc(C)cc1C(=O)NCCCc1cn[nH]c1C. The van der Waals surface area contributed by atoms with Crippen LogP contribution in [-0.2, 0) is 6.42 Å². The molecule has 0 fully saturated rings. The molecule has 2 N–H and O–H groups in total. The molecule has 1 heterocycles. The van der Waals surface area contributed by atoms with Gasteiger partial charge in [-0.3, -0.25) is 9.89 Å². The van der Waals surface area contributed by atoms with E-state index in [0.717, 1.165) is 24.1 Å². The zero-order valence-corrected chi connectivity index (χ0v) is 12.7. The summed E-state index contributed by atoms with van der Waals surface area (Å²) in [5, 5.41) is 9.83. The van der Waals surface area contributed by atoms with E-state index in [1.165, 1.54) is 5.56 Å². The maximum Gasteiger partial charge on any atom is 0.255 e. The Morgan fingerprint density at radius 1 is 1.38 bits per heavy atom. The van der Waals surface area contributed by atoms with Gasteiger partial charge in [-0.2, -0.15) is 5.10 Å². The molecule has 0 atom stereocenters. The number of amides is 1. The lowest BCUT2D eigenvalue weighted by atomic mass is 10.1. The number of nitrogens with zero attached hydrogens (tertiary/aromatic N) is 1. The summed E-state index contributed by atoms with van der Waals surface area (Å²) in [5.74, 6) is 0.503. The molecule has 0 aliphatic rings. The average Bonchev–Trinajstić information content (AvgIpc) is 2.88. The molecule has 2 rings (SSSR count). The fraction of sp³-hybridized carbons (Fsp3) is 0.375. The number of benzene rings is 1. The van der Waals surface area contributed by atoms with Crippen molar-refractivity contribution < 1.29 is 9.53 Å². The highest BCUT2D eigenvalue weighted by Crippen LogP contribution is 2.19. The monoisotopic (exact) mass is 287 g/mol. The van der Waals surface area contributed by atoms with Crippen LogP contribution in [0, 0.1) is 13.8 Å². The molecule has 0 aliphatic carbocycles. The second-order valence-corrected chi connectivity index (χ2v) is 5.08. The second-order valence-electron chi connectivity index (χ2n) is 5.08. The van der Waals surface area contributed by atoms with Gasteiger partial charge in [-0.15, -0.1) is 0 Å². The number of ether oxygens (including phenoxy) is 1. The summed E-state index contributed by atoms with van der Waals surface area (Å²) >= 11 is 0. The highest BCUT2D eigenvalue weighted by atomic mass is 16.5. The second kappa shape index (κ2) is 6.92. The molecule has 0 spiro atoms. The lowest BCUT2D eigenvalue weighted by molar-refractivity contribution is 0.0950. The molecular formula is C16H21N3O2. The van der Waals surface area contributed by atoms with E-state index in [0.29, 0.717) is 17.9 Å². The van der Waals surface area contributed by atoms with Gasteiger partial charge in [0.1, 0.15) is 5.75 Å². The number of hydrogen-bond donors (Lipinski definition) is 2. The van der Waals surface area contributed by atoms with Crippen molar-refractivity contribution in [1.82, 2.24) is 15.5 Å². The van der Waals surface area contributed by atoms with Gasteiger partial charge < -0.3 is 10.1 Å². The minimum atomic E-state index is -0.0977. The van der Waals surface area contributed by atoms with Crippen LogP contribution in [0.1, 0.15) is 33.6 Å². The first kappa shape index (κ1) is 15.1. The van der Waals surface area contributed by atoms with Crippen LogP contribution in [0.15, 0.2) is 24.4 Å². The fourth-order valence-electron chi connectivity index (χ4n) is 2.20. The number of carbonyl (C=O) groups is 1. The number of nitrogens with one attached hydrogen (secondary N) is 2. The summed E-state index contributed by atoms with van der Waals surface area (Å²) in [4.78, 5) is 12.2. The number of rotatable bonds is 6. The molecule has 0 saturated carbocycles. The van der Waals surface area contributed by atoms with Crippen LogP contribution in [0.5, 0.6) is 5.75 Å². The largest absolute Gasteiger partial charge is 0.496 e. The molecule has 0 bridgehead atoms. The van der Waals surface area contributed by atoms with E-state index >= 15 is 0 Å². The molecule has 0 radical (unpaired) electrons. The van der Waals surface area contributed by atoms with Gasteiger partial charge in [-0.1, -0.05) is 11.6 Å². The molecule has 0 saturated heterocycles. The topological polar surface area (TPSA) is 67.0 Å². The van der Waals surface area contributed by atoms with E-state index in [1.807, 2.05) is 38.2 Å². The summed E-state index contributed by atoms with van der Waals surface area (Å²) in [7, 11) is 1.57. The standard InChI is InChI=1S/C16H21N3O2/c1-11-6-7-15(21-3)14(9-11)16(20)17-8-4-5-13-10-18-19-12(13)2/h6-7,9-10H,4-5,8H2,1-3H3,(H,17,20)(H,18,19). The van der Waals surface area contributed by atoms with E-state index in [1.54, 1.807) is 7.11 Å². The Morgan fingerprint density at radius 2 is 2.19 bits per heavy atom. The Labute approximate surface area is 124 Å². The Bertz CT molecular complexity index is 620. The third kappa shape index (κ3) is 3.84. The minimum absolute atomic E-state index is 0.0977. The van der Waals surface area contributed by atoms with Crippen LogP contribution < -0.4 is 10.1 Å². The molecule has 1 amide bonds. The van der Waals surface area contributed by atoms with Gasteiger partial charge in [-0.05, 0) is 44.4 Å². The third-order valence-corrected chi connectivity index (χ3v) is 3.44. The predicted octanol–water partition coefficient (Wildman–Crippen LogP) is 2.40. The molecule has 0 unspecified atom stereocenters. The van der Waals surface area contributed by atoms with Crippen molar-refractivity contribution in [3.8, 4) is 5.75 Å². The Kier molecular flexibility index (Phi) is 4.98. The number of aromatic nitrogens is 2. The molecule has 5 nitrogen and oxygen atoms in total. The molecule has 1 aromatic carbocycles. The number of hydrogen-bond acceptors (Lipinski definition) is 3. The van der Waals surface area contributed by atoms with E-state index in [4.69, 9.17) is 4.74 Å². The van der Waals surface area contributed by atoms with E-state index in [2.05, 4.69) is 15.5 Å². The van der Waals surface area contributed by atoms with Crippen molar-refractivity contribution >= 4 is 5.91 Å². The summed E-state index contributed by atoms with van der Waals surface area (Å²) in [6.45, 7) is 4.58. The van der Waals surface area contributed by atoms with Crippen LogP contribution in [0.3, 0.4) is 0 Å². The van der Waals surface area contributed by atoms with E-state index < -0.39 is 0 Å². The van der Waals surface area contributed by atoms with Crippen molar-refractivity contribution in [2.45, 2.75) is 26.7 Å². The molecule has 5 heteroatoms. The van der Waals surface area contributed by atoms with Gasteiger partial charge in [0.15, 0.2) is 0 Å². The van der Waals surface area contributed by atoms with Gasteiger partial charge in [0.05, 0.1) is 18.9 Å². The number of carbonyl (C=O) groups excluding carboxylic acids is 1. The van der Waals surface area contributed by atoms with Gasteiger partial charge in [-0.25, -0.2) is 0 Å². The molecule has 21 heavy (non-hydrogen) atoms. The first-order valence-corrected chi connectivity index (χ1v) is 7.03. The van der Waals surface area contributed by atoms with Gasteiger partial charge in [0.25, 0.3) is 5.91 Å². The highest BCUT2D eigenvalue weighted by Gasteiger charge is 2.11. The van der Waals surface area contributed by atoms with Crippen molar-refractivity contribution in [2.24, 2.45) is 0 Å². The smallest absolute Gasteiger partial charge is 0.255 e. The van der Waals surface area contributed by atoms with Crippen molar-refractivity contribution in [1.29, 1.82) is 0 Å². The van der Waals surface area contributed by atoms with E-state index in [9.17, 15) is 4.79 Å². The van der Waals surface area contributed by atoms with Crippen LogP contribution >= 0.6 is 0 Å². The summed E-state index contributed by atoms with van der Waals surface area (Å²) < 4.78 is 5.23. The molecule has 2 aromatic rings. The zero-order valence-electron chi connectivity index (χ0n) is 12.7. The third-order valence-electron chi connectivity index (χ3n) is 3.44. The van der Waals surface area contributed by atoms with Crippen LogP contribution in [0.25, 0.3) is 0 Å². The van der Waals surface area contributed by atoms with Crippen LogP contribution in [0.2, 0.25) is 0 Å². The zero-order chi connectivity index (χ0) is 15.2. The first-order chi connectivity index (χ1) is 10.1. The Morgan fingerprint density at radius 3 is 2.86 bits per heavy atom. The Balaban J connectivity index is 1.87. The average molecular weight is 287 g/mol. The number of aromatic amines is 1. The molecule has 112 valence electrons. The maximum absolute atomic E-state index is 12.2. The fourth-order valence-corrected chi connectivity index (χ4v) is 2.20. The normalized spacial score (nSPS) is 10.4. The van der Waals surface area contributed by atoms with Crippen molar-refractivity contribution in [3.05, 3.63) is 46.8 Å². The van der Waals surface area contributed by atoms with Crippen LogP contribution in [-0.4, -0.2) is 29.8 Å². The van der Waals surface area contributed by atoms with Crippen molar-refractivity contribution in [2.75, 3.05) is 13.7 Å². The number of methoxy groups -OCH3 is 1. The summed E-state index contributed by atoms with van der Waals surface area (Å²) in [6, 6.07) is 5.59. The number of H-pyrrole nitrogens is 1. The lowest BCUT2D eigenvalue weighted by Crippen LogP contribution is -2.25. The predicted molar refractivity (Wildman–Crippen MR) is 81.7 cm³/mol. The molecule has 1 aromatic heterocycles. The quantitative estimate of drug-likeness (QED) is 0.802. The minimum Gasteiger partial charge on any atom is -0.496 e. The summed E-state index contributed by atoms with van der Waals surface area (Å²) in [5.41, 5.74) is 3.89. The van der Waals surface area contributed by atoms with Gasteiger partial charge >= 0.3 is 0 Å². The molecule has 0 aliphatic heterocycles. The van der Waals surface area contributed by atoms with Gasteiger partial charge in [0, 0.05) is 12.2 Å². The summed E-state index contributed by atoms with van der Waals surface area (Å²) in [6.07, 6.45) is 3.61. The van der Waals surface area contributed by atoms with Gasteiger partial charge in [0.2, 0.25) is 0 Å². The maximum atomic E-state index is 12.2. The Hall–Kier alpha value is -2.30. The first-order valence-electron chi connectivity index (χ1n) is 7.03. The van der Waals surface area contributed by atoms with Crippen molar-refractivity contribution in [3.63, 3.8) is 0 Å². The van der Waals surface area contributed by atoms with Crippen LogP contribution in [0.4, 0.5) is 0 Å². The lowest BCUT2D eigenvalue weighted by Gasteiger charge is -2.10.